The van der Waals surface area contributed by atoms with Crippen LogP contribution in [0.3, 0.4) is 0 Å². The lowest BCUT2D eigenvalue weighted by atomic mass is 10.1. The van der Waals surface area contributed by atoms with Crippen LogP contribution in [-0.2, 0) is 13.1 Å². The van der Waals surface area contributed by atoms with Crippen LogP contribution in [-0.4, -0.2) is 31.0 Å². The van der Waals surface area contributed by atoms with E-state index in [9.17, 15) is 4.79 Å². The molecule has 148 valence electrons. The summed E-state index contributed by atoms with van der Waals surface area (Å²) in [6, 6.07) is 13.9. The molecule has 0 aliphatic carbocycles. The quantitative estimate of drug-likeness (QED) is 0.624. The molecule has 1 aromatic heterocycles. The van der Waals surface area contributed by atoms with Gasteiger partial charge in [0, 0.05) is 24.0 Å². The second-order valence-electron chi connectivity index (χ2n) is 6.88. The second-order valence-corrected chi connectivity index (χ2v) is 6.88. The Bertz CT molecular complexity index is 940. The van der Waals surface area contributed by atoms with Gasteiger partial charge in [-0.05, 0) is 49.3 Å². The van der Waals surface area contributed by atoms with Gasteiger partial charge in [0.05, 0.1) is 7.11 Å². The number of carbonyl (C=O) groups excluding carboxylic acids is 1. The zero-order chi connectivity index (χ0) is 20.1. The minimum Gasteiger partial charge on any atom is -0.497 e. The lowest BCUT2D eigenvalue weighted by molar-refractivity contribution is 0.0924. The van der Waals surface area contributed by atoms with E-state index >= 15 is 0 Å². The number of fused-ring (bicyclic) bond motifs is 1. The van der Waals surface area contributed by atoms with E-state index in [-0.39, 0.29) is 5.91 Å². The van der Waals surface area contributed by atoms with Gasteiger partial charge in [0.1, 0.15) is 11.3 Å². The summed E-state index contributed by atoms with van der Waals surface area (Å²) in [5.74, 6) is 0.884. The van der Waals surface area contributed by atoms with Gasteiger partial charge < -0.3 is 14.5 Å². The summed E-state index contributed by atoms with van der Waals surface area (Å²) in [6.45, 7) is 9.72. The molecular formula is C23H28N2O3. The maximum absolute atomic E-state index is 12.6. The third-order valence-corrected chi connectivity index (χ3v) is 5.13. The molecule has 0 saturated carbocycles. The van der Waals surface area contributed by atoms with Gasteiger partial charge in [-0.2, -0.15) is 0 Å². The molecule has 0 atom stereocenters. The second kappa shape index (κ2) is 8.93. The lowest BCUT2D eigenvalue weighted by Gasteiger charge is -2.18. The molecule has 0 spiro atoms. The molecule has 0 fully saturated rings. The number of rotatable bonds is 8. The molecule has 0 bridgehead atoms. The molecule has 3 aromatic rings. The van der Waals surface area contributed by atoms with E-state index in [0.717, 1.165) is 41.9 Å². The van der Waals surface area contributed by atoms with Crippen LogP contribution in [0.2, 0.25) is 0 Å². The van der Waals surface area contributed by atoms with Crippen LogP contribution in [0.5, 0.6) is 5.75 Å². The van der Waals surface area contributed by atoms with Crippen molar-refractivity contribution in [3.05, 3.63) is 64.9 Å². The summed E-state index contributed by atoms with van der Waals surface area (Å²) >= 11 is 0. The van der Waals surface area contributed by atoms with E-state index in [1.807, 2.05) is 25.1 Å². The number of aryl methyl sites for hydroxylation is 1. The summed E-state index contributed by atoms with van der Waals surface area (Å²) in [5, 5.41) is 3.85. The molecule has 5 nitrogen and oxygen atoms in total. The highest BCUT2D eigenvalue weighted by Gasteiger charge is 2.18. The van der Waals surface area contributed by atoms with Crippen molar-refractivity contribution in [2.75, 3.05) is 20.2 Å². The number of nitrogens with one attached hydrogen (secondary N) is 1. The van der Waals surface area contributed by atoms with Crippen LogP contribution in [0.1, 0.15) is 41.1 Å². The number of hydrogen-bond acceptors (Lipinski definition) is 4. The van der Waals surface area contributed by atoms with Gasteiger partial charge >= 0.3 is 0 Å². The van der Waals surface area contributed by atoms with Crippen molar-refractivity contribution in [3.63, 3.8) is 0 Å². The highest BCUT2D eigenvalue weighted by molar-refractivity contribution is 5.99. The van der Waals surface area contributed by atoms with Crippen molar-refractivity contribution in [2.24, 2.45) is 0 Å². The standard InChI is InChI=1S/C23H28N2O3/c1-5-25(6-2)15-18-9-7-17(8-10-18)14-24-23(26)22-16(3)20-13-19(27-4)11-12-21(20)28-22/h7-13H,5-6,14-15H2,1-4H3,(H,24,26). The number of nitrogens with zero attached hydrogens (tertiary/aromatic N) is 1. The average molecular weight is 380 g/mol. The van der Waals surface area contributed by atoms with Gasteiger partial charge in [0.25, 0.3) is 5.91 Å². The van der Waals surface area contributed by atoms with Crippen molar-refractivity contribution in [2.45, 2.75) is 33.9 Å². The van der Waals surface area contributed by atoms with Gasteiger partial charge in [-0.15, -0.1) is 0 Å². The zero-order valence-corrected chi connectivity index (χ0v) is 17.0. The fourth-order valence-electron chi connectivity index (χ4n) is 3.27. The number of carbonyl (C=O) groups is 1. The van der Waals surface area contributed by atoms with Crippen molar-refractivity contribution in [1.82, 2.24) is 10.2 Å². The monoisotopic (exact) mass is 380 g/mol. The number of amides is 1. The third kappa shape index (κ3) is 4.37. The fraction of sp³-hybridized carbons (Fsp3) is 0.348. The summed E-state index contributed by atoms with van der Waals surface area (Å²) < 4.78 is 11.0. The number of hydrogen-bond donors (Lipinski definition) is 1. The van der Waals surface area contributed by atoms with Gasteiger partial charge in [0.2, 0.25) is 0 Å². The van der Waals surface area contributed by atoms with Gasteiger partial charge in [-0.3, -0.25) is 9.69 Å². The first-order valence-corrected chi connectivity index (χ1v) is 9.71. The van der Waals surface area contributed by atoms with Crippen LogP contribution < -0.4 is 10.1 Å². The first-order chi connectivity index (χ1) is 13.5. The van der Waals surface area contributed by atoms with Crippen LogP contribution in [0.15, 0.2) is 46.9 Å². The average Bonchev–Trinajstić information content (AvgIpc) is 3.07. The van der Waals surface area contributed by atoms with E-state index < -0.39 is 0 Å². The van der Waals surface area contributed by atoms with Crippen molar-refractivity contribution in [3.8, 4) is 5.75 Å². The number of ether oxygens (including phenoxy) is 1. The van der Waals surface area contributed by atoms with Gasteiger partial charge in [-0.25, -0.2) is 0 Å². The largest absolute Gasteiger partial charge is 0.497 e. The summed E-state index contributed by atoms with van der Waals surface area (Å²) in [4.78, 5) is 15.0. The lowest BCUT2D eigenvalue weighted by Crippen LogP contribution is -2.23. The Hall–Kier alpha value is -2.79. The molecule has 5 heteroatoms. The number of furan rings is 1. The molecule has 3 rings (SSSR count). The van der Waals surface area contributed by atoms with E-state index in [1.54, 1.807) is 7.11 Å². The molecule has 0 saturated heterocycles. The van der Waals surface area contributed by atoms with E-state index in [2.05, 4.69) is 48.3 Å². The SMILES string of the molecule is CCN(CC)Cc1ccc(CNC(=O)c2oc3ccc(OC)cc3c2C)cc1. The van der Waals surface area contributed by atoms with Crippen LogP contribution in [0, 0.1) is 6.92 Å². The molecule has 0 aliphatic heterocycles. The predicted molar refractivity (Wildman–Crippen MR) is 112 cm³/mol. The zero-order valence-electron chi connectivity index (χ0n) is 17.0. The highest BCUT2D eigenvalue weighted by Crippen LogP contribution is 2.28. The van der Waals surface area contributed by atoms with Crippen molar-refractivity contribution in [1.29, 1.82) is 0 Å². The molecule has 1 amide bonds. The molecule has 0 aliphatic rings. The van der Waals surface area contributed by atoms with Crippen LogP contribution in [0.25, 0.3) is 11.0 Å². The summed E-state index contributed by atoms with van der Waals surface area (Å²) in [6.07, 6.45) is 0. The molecule has 0 unspecified atom stereocenters. The highest BCUT2D eigenvalue weighted by atomic mass is 16.5. The minimum atomic E-state index is -0.208. The Kier molecular flexibility index (Phi) is 6.37. The summed E-state index contributed by atoms with van der Waals surface area (Å²) in [5.41, 5.74) is 3.85. The smallest absolute Gasteiger partial charge is 0.287 e. The van der Waals surface area contributed by atoms with Crippen LogP contribution >= 0.6 is 0 Å². The molecule has 1 N–H and O–H groups in total. The summed E-state index contributed by atoms with van der Waals surface area (Å²) in [7, 11) is 1.62. The van der Waals surface area contributed by atoms with Crippen molar-refractivity contribution < 1.29 is 13.9 Å². The molecule has 0 radical (unpaired) electrons. The Morgan fingerprint density at radius 3 is 2.39 bits per heavy atom. The first kappa shape index (κ1) is 20.0. The Labute approximate surface area is 166 Å². The molecule has 28 heavy (non-hydrogen) atoms. The topological polar surface area (TPSA) is 54.7 Å². The third-order valence-electron chi connectivity index (χ3n) is 5.13. The Morgan fingerprint density at radius 2 is 1.75 bits per heavy atom. The predicted octanol–water partition coefficient (Wildman–Crippen LogP) is 4.52. The number of methoxy groups -OCH3 is 1. The fourth-order valence-corrected chi connectivity index (χ4v) is 3.27. The molecule has 1 heterocycles. The Morgan fingerprint density at radius 1 is 1.07 bits per heavy atom. The maximum atomic E-state index is 12.6. The van der Waals surface area contributed by atoms with Crippen LogP contribution in [0.4, 0.5) is 0 Å². The van der Waals surface area contributed by atoms with Gasteiger partial charge in [-0.1, -0.05) is 38.1 Å². The molecule has 2 aromatic carbocycles. The van der Waals surface area contributed by atoms with E-state index in [4.69, 9.17) is 9.15 Å². The number of benzene rings is 2. The maximum Gasteiger partial charge on any atom is 0.287 e. The van der Waals surface area contributed by atoms with E-state index in [0.29, 0.717) is 17.9 Å². The van der Waals surface area contributed by atoms with Gasteiger partial charge in [0.15, 0.2) is 5.76 Å². The normalized spacial score (nSPS) is 11.2. The molecular weight excluding hydrogens is 352 g/mol. The Balaban J connectivity index is 1.65. The van der Waals surface area contributed by atoms with Crippen molar-refractivity contribution >= 4 is 16.9 Å². The van der Waals surface area contributed by atoms with E-state index in [1.165, 1.54) is 5.56 Å². The first-order valence-electron chi connectivity index (χ1n) is 9.71. The minimum absolute atomic E-state index is 0.208.